The van der Waals surface area contributed by atoms with Gasteiger partial charge in [-0.15, -0.1) is 11.3 Å². The molecule has 0 saturated carbocycles. The highest BCUT2D eigenvalue weighted by molar-refractivity contribution is 7.15. The Balaban J connectivity index is 1.44. The van der Waals surface area contributed by atoms with Crippen LogP contribution in [0.15, 0.2) is 48.8 Å². The van der Waals surface area contributed by atoms with Crippen molar-refractivity contribution in [1.29, 1.82) is 0 Å². The molecular weight excluding hydrogens is 366 g/mol. The van der Waals surface area contributed by atoms with Crippen molar-refractivity contribution in [3.63, 3.8) is 0 Å². The molecule has 28 heavy (non-hydrogen) atoms. The highest BCUT2D eigenvalue weighted by Crippen LogP contribution is 2.35. The van der Waals surface area contributed by atoms with Gasteiger partial charge in [0, 0.05) is 34.4 Å². The third-order valence-electron chi connectivity index (χ3n) is 5.26. The van der Waals surface area contributed by atoms with Crippen LogP contribution in [0, 0.1) is 5.92 Å². The maximum atomic E-state index is 12.8. The van der Waals surface area contributed by atoms with Crippen molar-refractivity contribution >= 4 is 22.9 Å². The van der Waals surface area contributed by atoms with Gasteiger partial charge in [0.05, 0.1) is 5.69 Å². The zero-order valence-corrected chi connectivity index (χ0v) is 17.3. The molecule has 1 aliphatic carbocycles. The Morgan fingerprint density at radius 2 is 1.82 bits per heavy atom. The van der Waals surface area contributed by atoms with E-state index in [0.717, 1.165) is 41.2 Å². The van der Waals surface area contributed by atoms with Gasteiger partial charge in [-0.25, -0.2) is 4.98 Å². The first-order valence-electron chi connectivity index (χ1n) is 9.70. The Kier molecular flexibility index (Phi) is 5.02. The number of hydrogen-bond acceptors (Lipinski definition) is 4. The zero-order valence-electron chi connectivity index (χ0n) is 16.5. The molecule has 4 nitrogen and oxygen atoms in total. The molecule has 4 rings (SSSR count). The van der Waals surface area contributed by atoms with E-state index in [4.69, 9.17) is 4.98 Å². The molecule has 1 atom stereocenters. The number of thiazole rings is 1. The topological polar surface area (TPSA) is 54.9 Å². The lowest BCUT2D eigenvalue weighted by molar-refractivity contribution is -0.120. The minimum absolute atomic E-state index is 0.000493. The van der Waals surface area contributed by atoms with Gasteiger partial charge in [-0.3, -0.25) is 9.78 Å². The van der Waals surface area contributed by atoms with Crippen molar-refractivity contribution in [2.24, 2.45) is 5.92 Å². The lowest BCUT2D eigenvalue weighted by Crippen LogP contribution is -2.27. The van der Waals surface area contributed by atoms with Gasteiger partial charge in [0.2, 0.25) is 5.91 Å². The first-order valence-corrected chi connectivity index (χ1v) is 10.5. The highest BCUT2D eigenvalue weighted by Gasteiger charge is 2.28. The van der Waals surface area contributed by atoms with Crippen molar-refractivity contribution in [1.82, 2.24) is 9.97 Å². The van der Waals surface area contributed by atoms with Gasteiger partial charge in [0.25, 0.3) is 0 Å². The first kappa shape index (κ1) is 18.8. The van der Waals surface area contributed by atoms with E-state index in [0.29, 0.717) is 0 Å². The van der Waals surface area contributed by atoms with Crippen LogP contribution in [-0.4, -0.2) is 15.9 Å². The molecule has 0 bridgehead atoms. The zero-order chi connectivity index (χ0) is 19.7. The minimum Gasteiger partial charge on any atom is -0.326 e. The van der Waals surface area contributed by atoms with Crippen LogP contribution in [-0.2, 0) is 23.1 Å². The Hall–Kier alpha value is -2.53. The number of carbonyl (C=O) groups excluding carboxylic acids is 1. The summed E-state index contributed by atoms with van der Waals surface area (Å²) in [5.74, 6) is 0.105. The minimum atomic E-state index is 0.000493. The fourth-order valence-corrected chi connectivity index (χ4v) is 4.71. The Labute approximate surface area is 170 Å². The molecule has 5 heteroatoms. The van der Waals surface area contributed by atoms with E-state index in [1.165, 1.54) is 10.4 Å². The third kappa shape index (κ3) is 3.99. The van der Waals surface area contributed by atoms with Crippen LogP contribution < -0.4 is 5.32 Å². The quantitative estimate of drug-likeness (QED) is 0.664. The van der Waals surface area contributed by atoms with Crippen LogP contribution >= 0.6 is 11.3 Å². The summed E-state index contributed by atoms with van der Waals surface area (Å²) in [4.78, 5) is 22.9. The van der Waals surface area contributed by atoms with Crippen molar-refractivity contribution < 1.29 is 4.79 Å². The number of benzene rings is 1. The van der Waals surface area contributed by atoms with E-state index >= 15 is 0 Å². The Bertz CT molecular complexity index is 971. The molecule has 3 aromatic rings. The van der Waals surface area contributed by atoms with E-state index in [-0.39, 0.29) is 17.2 Å². The summed E-state index contributed by atoms with van der Waals surface area (Å²) >= 11 is 1.70. The van der Waals surface area contributed by atoms with E-state index in [1.807, 2.05) is 24.3 Å². The summed E-state index contributed by atoms with van der Waals surface area (Å²) in [5.41, 5.74) is 4.48. The number of carbonyl (C=O) groups is 1. The van der Waals surface area contributed by atoms with Crippen molar-refractivity contribution in [3.05, 3.63) is 64.9 Å². The smallest absolute Gasteiger partial charge is 0.227 e. The number of fused-ring (bicyclic) bond motifs is 1. The van der Waals surface area contributed by atoms with Crippen LogP contribution in [0.5, 0.6) is 0 Å². The van der Waals surface area contributed by atoms with E-state index in [9.17, 15) is 4.79 Å². The molecule has 1 aromatic carbocycles. The van der Waals surface area contributed by atoms with Crippen LogP contribution in [0.1, 0.15) is 43.3 Å². The predicted octanol–water partition coefficient (Wildman–Crippen LogP) is 5.25. The Morgan fingerprint density at radius 1 is 1.11 bits per heavy atom. The van der Waals surface area contributed by atoms with Gasteiger partial charge in [0.1, 0.15) is 5.01 Å². The maximum Gasteiger partial charge on any atom is 0.227 e. The molecule has 0 spiro atoms. The summed E-state index contributed by atoms with van der Waals surface area (Å²) in [7, 11) is 0. The normalized spacial score (nSPS) is 16.5. The molecule has 0 fully saturated rings. The highest BCUT2D eigenvalue weighted by atomic mass is 32.1. The number of amides is 1. The van der Waals surface area contributed by atoms with Crippen LogP contribution in [0.25, 0.3) is 10.6 Å². The maximum absolute atomic E-state index is 12.8. The standard InChI is InChI=1S/C23H25N3OS/c1-23(2,3)17-5-7-18(8-6-17)25-21(27)16-4-9-19-20(14-16)28-22(26-19)15-10-12-24-13-11-15/h5-8,10-13,16H,4,9,14H2,1-3H3,(H,25,27). The van der Waals surface area contributed by atoms with Crippen LogP contribution in [0.2, 0.25) is 0 Å². The fourth-order valence-electron chi connectivity index (χ4n) is 3.51. The molecule has 1 aliphatic rings. The molecule has 0 radical (unpaired) electrons. The van der Waals surface area contributed by atoms with Gasteiger partial charge in [-0.2, -0.15) is 0 Å². The average Bonchev–Trinajstić information content (AvgIpc) is 3.12. The number of hydrogen-bond donors (Lipinski definition) is 1. The number of aromatic nitrogens is 2. The Morgan fingerprint density at radius 3 is 2.50 bits per heavy atom. The van der Waals surface area contributed by atoms with Gasteiger partial charge in [-0.05, 0) is 54.5 Å². The second kappa shape index (κ2) is 7.47. The van der Waals surface area contributed by atoms with Gasteiger partial charge >= 0.3 is 0 Å². The number of anilines is 1. The van der Waals surface area contributed by atoms with Crippen molar-refractivity contribution in [2.75, 3.05) is 5.32 Å². The van der Waals surface area contributed by atoms with Crippen LogP contribution in [0.3, 0.4) is 0 Å². The molecule has 1 unspecified atom stereocenters. The molecule has 2 aromatic heterocycles. The SMILES string of the molecule is CC(C)(C)c1ccc(NC(=O)C2CCc3nc(-c4ccncc4)sc3C2)cc1. The van der Waals surface area contributed by atoms with Crippen molar-refractivity contribution in [3.8, 4) is 10.6 Å². The number of nitrogens with one attached hydrogen (secondary N) is 1. The molecule has 1 amide bonds. The molecule has 1 N–H and O–H groups in total. The average molecular weight is 392 g/mol. The summed E-state index contributed by atoms with van der Waals surface area (Å²) < 4.78 is 0. The lowest BCUT2D eigenvalue weighted by atomic mass is 9.87. The predicted molar refractivity (Wildman–Crippen MR) is 115 cm³/mol. The van der Waals surface area contributed by atoms with E-state index in [2.05, 4.69) is 43.2 Å². The van der Waals surface area contributed by atoms with E-state index in [1.54, 1.807) is 23.7 Å². The van der Waals surface area contributed by atoms with Gasteiger partial charge < -0.3 is 5.32 Å². The lowest BCUT2D eigenvalue weighted by Gasteiger charge is -2.21. The third-order valence-corrected chi connectivity index (χ3v) is 6.43. The number of rotatable bonds is 3. The molecule has 144 valence electrons. The van der Waals surface area contributed by atoms with Gasteiger partial charge in [0.15, 0.2) is 0 Å². The molecule has 0 aliphatic heterocycles. The fraction of sp³-hybridized carbons (Fsp3) is 0.348. The first-order chi connectivity index (χ1) is 13.4. The largest absolute Gasteiger partial charge is 0.326 e. The van der Waals surface area contributed by atoms with Crippen LogP contribution in [0.4, 0.5) is 5.69 Å². The molecule has 0 saturated heterocycles. The molecular formula is C23H25N3OS. The summed E-state index contributed by atoms with van der Waals surface area (Å²) in [5, 5.41) is 4.12. The van der Waals surface area contributed by atoms with E-state index < -0.39 is 0 Å². The van der Waals surface area contributed by atoms with Gasteiger partial charge in [-0.1, -0.05) is 32.9 Å². The number of aryl methyl sites for hydroxylation is 1. The summed E-state index contributed by atoms with van der Waals surface area (Å²) in [6, 6.07) is 12.2. The summed E-state index contributed by atoms with van der Waals surface area (Å²) in [6.45, 7) is 6.57. The summed E-state index contributed by atoms with van der Waals surface area (Å²) in [6.07, 6.45) is 6.05. The number of nitrogens with zero attached hydrogens (tertiary/aromatic N) is 2. The molecule has 2 heterocycles. The second-order valence-electron chi connectivity index (χ2n) is 8.38. The van der Waals surface area contributed by atoms with Crippen molar-refractivity contribution in [2.45, 2.75) is 45.4 Å². The monoisotopic (exact) mass is 391 g/mol. The second-order valence-corrected chi connectivity index (χ2v) is 9.46. The number of pyridine rings is 1.